The van der Waals surface area contributed by atoms with Gasteiger partial charge >= 0.3 is 5.69 Å². The Morgan fingerprint density at radius 2 is 1.91 bits per heavy atom. The highest BCUT2D eigenvalue weighted by molar-refractivity contribution is 6.00. The highest BCUT2D eigenvalue weighted by Gasteiger charge is 2.34. The first-order chi connectivity index (χ1) is 15.5. The van der Waals surface area contributed by atoms with Crippen LogP contribution in [0.25, 0.3) is 32.9 Å². The quantitative estimate of drug-likeness (QED) is 0.448. The van der Waals surface area contributed by atoms with Crippen LogP contribution in [0.2, 0.25) is 0 Å². The van der Waals surface area contributed by atoms with Gasteiger partial charge in [-0.1, -0.05) is 12.1 Å². The Balaban J connectivity index is 1.57. The van der Waals surface area contributed by atoms with Crippen LogP contribution < -0.4 is 15.9 Å². The molecule has 2 unspecified atom stereocenters. The van der Waals surface area contributed by atoms with E-state index < -0.39 is 17.3 Å². The number of aromatic nitrogens is 3. The van der Waals surface area contributed by atoms with Crippen molar-refractivity contribution in [2.45, 2.75) is 24.9 Å². The number of aromatic amines is 1. The predicted octanol–water partition coefficient (Wildman–Crippen LogP) is 3.06. The number of hydrogen-bond acceptors (Lipinski definition) is 6. The molecule has 4 aromatic rings. The van der Waals surface area contributed by atoms with Crippen molar-refractivity contribution in [2.24, 2.45) is 0 Å². The van der Waals surface area contributed by atoms with Gasteiger partial charge in [-0.25, -0.2) is 13.6 Å². The molecule has 9 heteroatoms. The first-order valence-electron chi connectivity index (χ1n) is 10.5. The second kappa shape index (κ2) is 6.96. The van der Waals surface area contributed by atoms with E-state index in [1.807, 2.05) is 4.90 Å². The molecule has 162 valence electrons. The minimum atomic E-state index is -0.795. The number of rotatable bonds is 2. The number of fused-ring (bicyclic) bond motifs is 4. The Morgan fingerprint density at radius 1 is 1.12 bits per heavy atom. The van der Waals surface area contributed by atoms with Crippen molar-refractivity contribution in [3.8, 4) is 17.0 Å². The van der Waals surface area contributed by atoms with Gasteiger partial charge in [0.15, 0.2) is 5.82 Å². The van der Waals surface area contributed by atoms with E-state index in [0.29, 0.717) is 41.8 Å². The highest BCUT2D eigenvalue weighted by Crippen LogP contribution is 2.37. The number of pyridine rings is 1. The summed E-state index contributed by atoms with van der Waals surface area (Å²) in [5.74, 6) is -1.10. The van der Waals surface area contributed by atoms with Gasteiger partial charge in [0.05, 0.1) is 10.9 Å². The summed E-state index contributed by atoms with van der Waals surface area (Å²) in [4.78, 5) is 25.2. The van der Waals surface area contributed by atoms with Crippen molar-refractivity contribution in [2.75, 3.05) is 18.0 Å². The second-order valence-electron chi connectivity index (χ2n) is 8.45. The SMILES string of the molecule is O=c1nc(N2CC3CCC(C2)N3)c2cnc(-c3cc(O)cc4cccc(F)c34)c(F)c2[nH]1. The maximum Gasteiger partial charge on any atom is 0.347 e. The smallest absolute Gasteiger partial charge is 0.347 e. The van der Waals surface area contributed by atoms with E-state index in [-0.39, 0.29) is 27.9 Å². The third-order valence-corrected chi connectivity index (χ3v) is 6.38. The van der Waals surface area contributed by atoms with Gasteiger partial charge < -0.3 is 20.3 Å². The molecular weight excluding hydrogens is 416 g/mol. The molecule has 2 atom stereocenters. The van der Waals surface area contributed by atoms with Crippen molar-refractivity contribution >= 4 is 27.5 Å². The number of halogens is 2. The zero-order valence-electron chi connectivity index (χ0n) is 16.9. The minimum absolute atomic E-state index is 0.0382. The van der Waals surface area contributed by atoms with Crippen LogP contribution in [0.1, 0.15) is 12.8 Å². The molecule has 2 bridgehead atoms. The lowest BCUT2D eigenvalue weighted by molar-refractivity contribution is 0.464. The molecule has 2 aromatic heterocycles. The molecule has 2 saturated heterocycles. The number of phenols is 1. The summed E-state index contributed by atoms with van der Waals surface area (Å²) >= 11 is 0. The fourth-order valence-corrected chi connectivity index (χ4v) is 5.02. The van der Waals surface area contributed by atoms with E-state index in [1.165, 1.54) is 30.5 Å². The third-order valence-electron chi connectivity index (χ3n) is 6.38. The summed E-state index contributed by atoms with van der Waals surface area (Å²) in [6.45, 7) is 1.35. The summed E-state index contributed by atoms with van der Waals surface area (Å²) in [5.41, 5.74) is -0.751. The van der Waals surface area contributed by atoms with Crippen molar-refractivity contribution in [1.82, 2.24) is 20.3 Å². The standard InChI is InChI=1S/C23H19F2N5O2/c24-17-3-1-2-11-6-14(31)7-15(18(11)17)20-19(25)21-16(8-26-20)22(29-23(32)28-21)30-9-12-4-5-13(10-30)27-12/h1-3,6-8,12-13,27,31H,4-5,9-10H2,(H,28,29,32). The van der Waals surface area contributed by atoms with Crippen LogP contribution in [0.4, 0.5) is 14.6 Å². The number of nitrogens with zero attached hydrogens (tertiary/aromatic N) is 3. The van der Waals surface area contributed by atoms with Crippen LogP contribution in [0.3, 0.4) is 0 Å². The lowest BCUT2D eigenvalue weighted by atomic mass is 9.99. The monoisotopic (exact) mass is 435 g/mol. The molecule has 4 heterocycles. The Labute approximate surface area is 180 Å². The highest BCUT2D eigenvalue weighted by atomic mass is 19.1. The lowest BCUT2D eigenvalue weighted by Crippen LogP contribution is -2.51. The van der Waals surface area contributed by atoms with Gasteiger partial charge in [-0.3, -0.25) is 4.98 Å². The summed E-state index contributed by atoms with van der Waals surface area (Å²) in [5, 5.41) is 14.6. The van der Waals surface area contributed by atoms with E-state index in [1.54, 1.807) is 6.07 Å². The summed E-state index contributed by atoms with van der Waals surface area (Å²) in [6.07, 6.45) is 3.55. The summed E-state index contributed by atoms with van der Waals surface area (Å²) < 4.78 is 30.4. The van der Waals surface area contributed by atoms with Crippen molar-refractivity contribution < 1.29 is 13.9 Å². The first-order valence-corrected chi connectivity index (χ1v) is 10.5. The van der Waals surface area contributed by atoms with Crippen LogP contribution in [-0.2, 0) is 0 Å². The number of aromatic hydroxyl groups is 1. The van der Waals surface area contributed by atoms with Gasteiger partial charge in [0.2, 0.25) is 0 Å². The maximum absolute atomic E-state index is 15.7. The van der Waals surface area contributed by atoms with Gasteiger partial charge in [0.25, 0.3) is 0 Å². The van der Waals surface area contributed by atoms with Gasteiger partial charge in [-0.15, -0.1) is 0 Å². The predicted molar refractivity (Wildman–Crippen MR) is 117 cm³/mol. The molecule has 0 saturated carbocycles. The van der Waals surface area contributed by atoms with Crippen LogP contribution in [0.15, 0.2) is 41.3 Å². The summed E-state index contributed by atoms with van der Waals surface area (Å²) in [6, 6.07) is 7.71. The molecule has 2 aliphatic rings. The van der Waals surface area contributed by atoms with E-state index >= 15 is 4.39 Å². The van der Waals surface area contributed by atoms with Crippen LogP contribution in [0, 0.1) is 11.6 Å². The number of benzene rings is 2. The number of phenolic OH excluding ortho intramolecular Hbond substituents is 1. The first kappa shape index (κ1) is 19.1. The minimum Gasteiger partial charge on any atom is -0.508 e. The molecule has 6 rings (SSSR count). The van der Waals surface area contributed by atoms with Gasteiger partial charge in [-0.05, 0) is 36.4 Å². The molecule has 2 fully saturated rings. The van der Waals surface area contributed by atoms with Crippen molar-refractivity contribution in [3.05, 3.63) is 58.6 Å². The molecule has 2 aliphatic heterocycles. The topological polar surface area (TPSA) is 94.1 Å². The number of nitrogens with one attached hydrogen (secondary N) is 2. The fraction of sp³-hybridized carbons (Fsp3) is 0.261. The van der Waals surface area contributed by atoms with E-state index in [4.69, 9.17) is 0 Å². The fourth-order valence-electron chi connectivity index (χ4n) is 5.02. The second-order valence-corrected chi connectivity index (χ2v) is 8.45. The Kier molecular flexibility index (Phi) is 4.16. The summed E-state index contributed by atoms with van der Waals surface area (Å²) in [7, 11) is 0. The molecule has 7 nitrogen and oxygen atoms in total. The lowest BCUT2D eigenvalue weighted by Gasteiger charge is -2.34. The Bertz CT molecular complexity index is 1440. The third kappa shape index (κ3) is 2.92. The maximum atomic E-state index is 15.7. The zero-order chi connectivity index (χ0) is 22.0. The van der Waals surface area contributed by atoms with E-state index in [0.717, 1.165) is 12.8 Å². The van der Waals surface area contributed by atoms with E-state index in [2.05, 4.69) is 20.3 Å². The van der Waals surface area contributed by atoms with Gasteiger partial charge in [-0.2, -0.15) is 4.98 Å². The molecule has 32 heavy (non-hydrogen) atoms. The van der Waals surface area contributed by atoms with Crippen LogP contribution in [-0.4, -0.2) is 45.2 Å². The molecule has 0 amide bonds. The number of piperazine rings is 1. The van der Waals surface area contributed by atoms with E-state index in [9.17, 15) is 14.3 Å². The molecular formula is C23H19F2N5O2. The van der Waals surface area contributed by atoms with Gasteiger partial charge in [0.1, 0.15) is 23.1 Å². The molecule has 3 N–H and O–H groups in total. The average molecular weight is 435 g/mol. The normalized spacial score (nSPS) is 20.4. The molecule has 0 spiro atoms. The average Bonchev–Trinajstić information content (AvgIpc) is 3.11. The van der Waals surface area contributed by atoms with Crippen molar-refractivity contribution in [1.29, 1.82) is 0 Å². The van der Waals surface area contributed by atoms with Crippen molar-refractivity contribution in [3.63, 3.8) is 0 Å². The molecule has 0 radical (unpaired) electrons. The number of anilines is 1. The Morgan fingerprint density at radius 3 is 2.69 bits per heavy atom. The van der Waals surface area contributed by atoms with Crippen LogP contribution in [0.5, 0.6) is 5.75 Å². The Hall–Kier alpha value is -3.59. The van der Waals surface area contributed by atoms with Crippen LogP contribution >= 0.6 is 0 Å². The largest absolute Gasteiger partial charge is 0.508 e. The molecule has 2 aromatic carbocycles. The number of hydrogen-bond donors (Lipinski definition) is 3. The molecule has 0 aliphatic carbocycles. The van der Waals surface area contributed by atoms with Gasteiger partial charge in [0, 0.05) is 42.3 Å². The number of H-pyrrole nitrogens is 1. The zero-order valence-corrected chi connectivity index (χ0v) is 16.9.